The van der Waals surface area contributed by atoms with E-state index in [0.717, 1.165) is 0 Å². The fourth-order valence-corrected chi connectivity index (χ4v) is 18.4. The van der Waals surface area contributed by atoms with E-state index in [1.54, 1.807) is 0 Å². The van der Waals surface area contributed by atoms with E-state index < -0.39 is 14.5 Å². The van der Waals surface area contributed by atoms with Crippen LogP contribution >= 0.6 is 34.5 Å². The second kappa shape index (κ2) is 6.79. The zero-order valence-electron chi connectivity index (χ0n) is 11.2. The van der Waals surface area contributed by atoms with Gasteiger partial charge in [-0.15, -0.1) is 0 Å². The van der Waals surface area contributed by atoms with Crippen LogP contribution in [0.1, 0.15) is 0 Å². The molecule has 0 unspecified atom stereocenters. The number of rotatable bonds is 3. The normalized spacial score (nSPS) is 12.1. The molecule has 3 heteroatoms. The van der Waals surface area contributed by atoms with Crippen LogP contribution < -0.4 is 14.5 Å². The molecule has 108 valence electrons. The van der Waals surface area contributed by atoms with Crippen molar-refractivity contribution in [1.82, 2.24) is 0 Å². The van der Waals surface area contributed by atoms with Gasteiger partial charge in [-0.2, -0.15) is 0 Å². The summed E-state index contributed by atoms with van der Waals surface area (Å²) in [4.78, 5) is 0. The van der Waals surface area contributed by atoms with Crippen LogP contribution in [0, 0.1) is 10.7 Å². The molecule has 0 N–H and O–H groups in total. The molecule has 3 aromatic rings. The molecule has 0 aliphatic carbocycles. The van der Waals surface area contributed by atoms with Gasteiger partial charge >= 0.3 is 149 Å². The second-order valence-corrected chi connectivity index (χ2v) is 20.1. The van der Waals surface area contributed by atoms with Gasteiger partial charge in [0.15, 0.2) is 0 Å². The maximum atomic E-state index is 3.77. The van der Waals surface area contributed by atoms with Gasteiger partial charge in [-0.3, -0.25) is 0 Å². The molecule has 3 aromatic carbocycles. The van der Waals surface area contributed by atoms with E-state index in [0.29, 0.717) is 0 Å². The fraction of sp³-hybridized carbons (Fsp3) is 0. The van der Waals surface area contributed by atoms with Crippen molar-refractivity contribution in [2.75, 3.05) is 0 Å². The molecule has 0 aliphatic rings. The molecule has 0 fully saturated rings. The summed E-state index contributed by atoms with van der Waals surface area (Å²) in [6.07, 6.45) is 0. The molecule has 0 spiro atoms. The molecule has 0 heterocycles. The molecule has 0 atom stereocenters. The number of hydrogen-bond acceptors (Lipinski definition) is 0. The van der Waals surface area contributed by atoms with Crippen molar-refractivity contribution in [1.29, 1.82) is 0 Å². The fourth-order valence-electron chi connectivity index (χ4n) is 2.19. The molecule has 0 saturated carbocycles. The maximum absolute atomic E-state index is 3.77. The van der Waals surface area contributed by atoms with Gasteiger partial charge in [0.05, 0.1) is 0 Å². The van der Waals surface area contributed by atoms with Crippen molar-refractivity contribution in [3.8, 4) is 0 Å². The van der Waals surface area contributed by atoms with Crippen LogP contribution in [-0.2, 0) is 0 Å². The standard InChI is InChI=1S/C18H14BrI2/c19-17-13-7-8-14-18(17)21(20,15-9-3-1-4-10-15)16-11-5-2-6-12-16/h1-14H/q-1. The van der Waals surface area contributed by atoms with Crippen molar-refractivity contribution in [2.24, 2.45) is 0 Å². The monoisotopic (exact) mass is 563 g/mol. The summed E-state index contributed by atoms with van der Waals surface area (Å²) >= 11 is 3.99. The van der Waals surface area contributed by atoms with Gasteiger partial charge in [-0.05, 0) is 0 Å². The molecular formula is C18H14BrI2-. The zero-order valence-corrected chi connectivity index (χ0v) is 17.1. The molecule has 0 aromatic heterocycles. The Balaban J connectivity index is 2.29. The summed E-state index contributed by atoms with van der Waals surface area (Å²) < 4.78 is 5.58. The molecule has 0 bridgehead atoms. The van der Waals surface area contributed by atoms with Crippen molar-refractivity contribution in [3.05, 3.63) is 100 Å². The first-order valence-electron chi connectivity index (χ1n) is 6.55. The molecule has 0 saturated heterocycles. The Morgan fingerprint density at radius 2 is 1.05 bits per heavy atom. The van der Waals surface area contributed by atoms with E-state index >= 15 is 0 Å². The summed E-state index contributed by atoms with van der Waals surface area (Å²) in [5.74, 6) is 0. The Morgan fingerprint density at radius 1 is 0.619 bits per heavy atom. The van der Waals surface area contributed by atoms with E-state index in [4.69, 9.17) is 0 Å². The van der Waals surface area contributed by atoms with Crippen molar-refractivity contribution in [2.45, 2.75) is 0 Å². The van der Waals surface area contributed by atoms with Crippen LogP contribution in [0.25, 0.3) is 0 Å². The SMILES string of the molecule is Brc1ccccc1[I-](I)(c1ccccc1)c1ccccc1. The van der Waals surface area contributed by atoms with Gasteiger partial charge in [0.25, 0.3) is 0 Å². The summed E-state index contributed by atoms with van der Waals surface area (Å²) in [7, 11) is 0. The van der Waals surface area contributed by atoms with E-state index in [1.165, 1.54) is 15.2 Å². The minimum absolute atomic E-state index is 1.21. The van der Waals surface area contributed by atoms with Gasteiger partial charge in [0.2, 0.25) is 0 Å². The molecule has 0 aliphatic heterocycles. The van der Waals surface area contributed by atoms with Gasteiger partial charge < -0.3 is 0 Å². The molecule has 0 radical (unpaired) electrons. The summed E-state index contributed by atoms with van der Waals surface area (Å²) in [6, 6.07) is 30.5. The van der Waals surface area contributed by atoms with Crippen LogP contribution in [0.5, 0.6) is 0 Å². The third-order valence-corrected chi connectivity index (χ3v) is 21.3. The average Bonchev–Trinajstić information content (AvgIpc) is 2.56. The van der Waals surface area contributed by atoms with E-state index in [1.807, 2.05) is 0 Å². The van der Waals surface area contributed by atoms with E-state index in [2.05, 4.69) is 119 Å². The van der Waals surface area contributed by atoms with Crippen molar-refractivity contribution >= 4 is 34.5 Å². The van der Waals surface area contributed by atoms with Crippen LogP contribution in [-0.4, -0.2) is 0 Å². The van der Waals surface area contributed by atoms with Gasteiger partial charge in [-0.25, -0.2) is 0 Å². The third kappa shape index (κ3) is 3.05. The topological polar surface area (TPSA) is 0 Å². The molecule has 3 rings (SSSR count). The zero-order chi connectivity index (χ0) is 14.7. The molecule has 0 nitrogen and oxygen atoms in total. The van der Waals surface area contributed by atoms with Gasteiger partial charge in [0.1, 0.15) is 0 Å². The van der Waals surface area contributed by atoms with Gasteiger partial charge in [-0.1, -0.05) is 0 Å². The first kappa shape index (κ1) is 15.5. The molecule has 0 amide bonds. The average molecular weight is 564 g/mol. The number of hydrogen-bond donors (Lipinski definition) is 0. The Bertz CT molecular complexity index is 687. The summed E-state index contributed by atoms with van der Waals surface area (Å²) in [6.45, 7) is 0. The minimum atomic E-state index is -2.53. The Morgan fingerprint density at radius 3 is 1.52 bits per heavy atom. The molecule has 21 heavy (non-hydrogen) atoms. The van der Waals surface area contributed by atoms with Crippen LogP contribution in [0.3, 0.4) is 0 Å². The van der Waals surface area contributed by atoms with E-state index in [9.17, 15) is 0 Å². The van der Waals surface area contributed by atoms with Crippen molar-refractivity contribution in [3.63, 3.8) is 0 Å². The quantitative estimate of drug-likeness (QED) is 0.430. The third-order valence-electron chi connectivity index (χ3n) is 3.17. The van der Waals surface area contributed by atoms with Crippen LogP contribution in [0.15, 0.2) is 89.4 Å². The first-order chi connectivity index (χ1) is 10.2. The predicted molar refractivity (Wildman–Crippen MR) is 97.1 cm³/mol. The van der Waals surface area contributed by atoms with Crippen molar-refractivity contribution < 1.29 is 14.5 Å². The predicted octanol–water partition coefficient (Wildman–Crippen LogP) is 2.87. The van der Waals surface area contributed by atoms with E-state index in [-0.39, 0.29) is 0 Å². The Hall–Kier alpha value is -0.400. The Kier molecular flexibility index (Phi) is 5.01. The summed E-state index contributed by atoms with van der Waals surface area (Å²) in [5, 5.41) is 0. The second-order valence-electron chi connectivity index (χ2n) is 4.50. The molecular weight excluding hydrogens is 550 g/mol. The van der Waals surface area contributed by atoms with Gasteiger partial charge in [0, 0.05) is 0 Å². The Labute approximate surface area is 147 Å². The van der Waals surface area contributed by atoms with Crippen LogP contribution in [0.2, 0.25) is 0 Å². The summed E-state index contributed by atoms with van der Waals surface area (Å²) in [5.41, 5.74) is 0. The number of halogens is 3. The van der Waals surface area contributed by atoms with Crippen LogP contribution in [0.4, 0.5) is 0 Å². The first-order valence-corrected chi connectivity index (χ1v) is 16.9. The number of benzene rings is 3.